The van der Waals surface area contributed by atoms with E-state index in [0.717, 1.165) is 17.7 Å². The number of benzene rings is 2. The van der Waals surface area contributed by atoms with Crippen molar-refractivity contribution in [2.75, 3.05) is 26.8 Å². The van der Waals surface area contributed by atoms with Crippen molar-refractivity contribution in [3.05, 3.63) is 70.6 Å². The molecule has 1 atom stereocenters. The lowest BCUT2D eigenvalue weighted by molar-refractivity contribution is -0.132. The Morgan fingerprint density at radius 2 is 1.93 bits per heavy atom. The molecule has 6 nitrogen and oxygen atoms in total. The molecule has 0 spiro atoms. The van der Waals surface area contributed by atoms with Crippen LogP contribution in [0.2, 0.25) is 0 Å². The van der Waals surface area contributed by atoms with Crippen molar-refractivity contribution in [3.8, 4) is 11.5 Å². The van der Waals surface area contributed by atoms with E-state index in [1.54, 1.807) is 30.2 Å². The smallest absolute Gasteiger partial charge is 0.339 e. The Labute approximate surface area is 162 Å². The normalized spacial score (nSPS) is 16.3. The first-order chi connectivity index (χ1) is 13.7. The van der Waals surface area contributed by atoms with E-state index in [9.17, 15) is 9.59 Å². The molecule has 0 aliphatic carbocycles. The molecule has 0 N–H and O–H groups in total. The van der Waals surface area contributed by atoms with E-state index in [-0.39, 0.29) is 18.4 Å². The van der Waals surface area contributed by atoms with E-state index < -0.39 is 5.63 Å². The third kappa shape index (κ3) is 3.58. The molecular weight excluding hydrogens is 358 g/mol. The van der Waals surface area contributed by atoms with Gasteiger partial charge in [-0.1, -0.05) is 30.3 Å². The summed E-state index contributed by atoms with van der Waals surface area (Å²) in [4.78, 5) is 26.1. The molecule has 1 aliphatic heterocycles. The van der Waals surface area contributed by atoms with Crippen LogP contribution in [0, 0.1) is 0 Å². The topological polar surface area (TPSA) is 69.0 Å². The fraction of sp³-hybridized carbons (Fsp3) is 0.273. The Morgan fingerprint density at radius 1 is 1.14 bits per heavy atom. The summed E-state index contributed by atoms with van der Waals surface area (Å²) < 4.78 is 16.3. The molecule has 0 radical (unpaired) electrons. The van der Waals surface area contributed by atoms with Crippen LogP contribution < -0.4 is 15.1 Å². The molecule has 1 aromatic heterocycles. The van der Waals surface area contributed by atoms with Crippen LogP contribution in [0.5, 0.6) is 11.5 Å². The van der Waals surface area contributed by atoms with Gasteiger partial charge < -0.3 is 18.8 Å². The lowest BCUT2D eigenvalue weighted by atomic mass is 9.97. The molecule has 0 saturated carbocycles. The summed E-state index contributed by atoms with van der Waals surface area (Å²) in [5.74, 6) is 1.35. The summed E-state index contributed by atoms with van der Waals surface area (Å²) in [6.07, 6.45) is 0.879. The van der Waals surface area contributed by atoms with Crippen molar-refractivity contribution >= 4 is 16.9 Å². The van der Waals surface area contributed by atoms with Gasteiger partial charge in [0.25, 0.3) is 5.91 Å². The minimum absolute atomic E-state index is 0.102. The van der Waals surface area contributed by atoms with Gasteiger partial charge in [0.15, 0.2) is 6.61 Å². The molecular formula is C22H21NO5. The lowest BCUT2D eigenvalue weighted by Gasteiger charge is -2.18. The third-order valence-corrected chi connectivity index (χ3v) is 5.08. The first-order valence-electron chi connectivity index (χ1n) is 9.22. The molecule has 0 bridgehead atoms. The zero-order valence-electron chi connectivity index (χ0n) is 15.6. The average molecular weight is 379 g/mol. The molecule has 3 aromatic rings. The number of methoxy groups -OCH3 is 1. The monoisotopic (exact) mass is 379 g/mol. The summed E-state index contributed by atoms with van der Waals surface area (Å²) in [6, 6.07) is 16.3. The molecule has 1 aliphatic rings. The van der Waals surface area contributed by atoms with Crippen molar-refractivity contribution in [1.29, 1.82) is 0 Å². The van der Waals surface area contributed by atoms with E-state index in [2.05, 4.69) is 0 Å². The number of likely N-dealkylation sites (tertiary alicyclic amines) is 1. The number of nitrogens with zero attached hydrogens (tertiary/aromatic N) is 1. The van der Waals surface area contributed by atoms with E-state index >= 15 is 0 Å². The largest absolute Gasteiger partial charge is 0.496 e. The second-order valence-electron chi connectivity index (χ2n) is 6.78. The van der Waals surface area contributed by atoms with Gasteiger partial charge in [0.05, 0.1) is 18.6 Å². The lowest BCUT2D eigenvalue weighted by Crippen LogP contribution is -2.33. The van der Waals surface area contributed by atoms with Gasteiger partial charge in [0.1, 0.15) is 17.1 Å². The molecule has 2 aromatic carbocycles. The summed E-state index contributed by atoms with van der Waals surface area (Å²) in [5, 5.41) is 0.670. The van der Waals surface area contributed by atoms with Crippen LogP contribution >= 0.6 is 0 Å². The van der Waals surface area contributed by atoms with E-state index in [1.807, 2.05) is 30.3 Å². The van der Waals surface area contributed by atoms with Gasteiger partial charge in [-0.15, -0.1) is 0 Å². The van der Waals surface area contributed by atoms with Crippen LogP contribution in [-0.4, -0.2) is 37.6 Å². The van der Waals surface area contributed by atoms with Crippen LogP contribution in [0.4, 0.5) is 0 Å². The van der Waals surface area contributed by atoms with Gasteiger partial charge >= 0.3 is 5.63 Å². The Kier molecular flexibility index (Phi) is 5.02. The number of ether oxygens (including phenoxy) is 2. The number of fused-ring (bicyclic) bond motifs is 1. The fourth-order valence-electron chi connectivity index (χ4n) is 3.68. The Morgan fingerprint density at radius 3 is 2.79 bits per heavy atom. The quantitative estimate of drug-likeness (QED) is 0.637. The van der Waals surface area contributed by atoms with E-state index in [0.29, 0.717) is 29.8 Å². The number of hydrogen-bond donors (Lipinski definition) is 0. The molecule has 1 saturated heterocycles. The van der Waals surface area contributed by atoms with Crippen LogP contribution in [0.15, 0.2) is 63.8 Å². The molecule has 4 rings (SSSR count). The minimum atomic E-state index is -0.501. The van der Waals surface area contributed by atoms with E-state index in [4.69, 9.17) is 13.9 Å². The summed E-state index contributed by atoms with van der Waals surface area (Å²) in [5.41, 5.74) is 1.06. The maximum absolute atomic E-state index is 12.6. The Balaban J connectivity index is 1.44. The van der Waals surface area contributed by atoms with Gasteiger partial charge in [-0.25, -0.2) is 4.79 Å². The van der Waals surface area contributed by atoms with Crippen molar-refractivity contribution < 1.29 is 18.7 Å². The zero-order valence-corrected chi connectivity index (χ0v) is 15.6. The van der Waals surface area contributed by atoms with Gasteiger partial charge in [0.2, 0.25) is 0 Å². The highest BCUT2D eigenvalue weighted by molar-refractivity contribution is 5.84. The fourth-order valence-corrected chi connectivity index (χ4v) is 3.68. The molecule has 144 valence electrons. The third-order valence-electron chi connectivity index (χ3n) is 5.08. The van der Waals surface area contributed by atoms with Crippen LogP contribution in [-0.2, 0) is 4.79 Å². The summed E-state index contributed by atoms with van der Waals surface area (Å²) in [7, 11) is 1.66. The minimum Gasteiger partial charge on any atom is -0.496 e. The molecule has 28 heavy (non-hydrogen) atoms. The SMILES string of the molecule is COc1ccccc1C1CCN(C(=O)COc2cc(=O)oc3ccccc23)C1. The molecule has 6 heteroatoms. The predicted molar refractivity (Wildman–Crippen MR) is 105 cm³/mol. The van der Waals surface area contributed by atoms with Crippen LogP contribution in [0.1, 0.15) is 17.9 Å². The second-order valence-corrected chi connectivity index (χ2v) is 6.78. The number of amides is 1. The van der Waals surface area contributed by atoms with Gasteiger partial charge in [-0.2, -0.15) is 0 Å². The maximum Gasteiger partial charge on any atom is 0.339 e. The number of rotatable bonds is 5. The first-order valence-corrected chi connectivity index (χ1v) is 9.22. The number of hydrogen-bond acceptors (Lipinski definition) is 5. The number of para-hydroxylation sites is 2. The summed E-state index contributed by atoms with van der Waals surface area (Å²) in [6.45, 7) is 1.18. The van der Waals surface area contributed by atoms with Crippen LogP contribution in [0.25, 0.3) is 11.0 Å². The van der Waals surface area contributed by atoms with Crippen molar-refractivity contribution in [3.63, 3.8) is 0 Å². The Hall–Kier alpha value is -3.28. The predicted octanol–water partition coefficient (Wildman–Crippen LogP) is 3.20. The van der Waals surface area contributed by atoms with Gasteiger partial charge in [0, 0.05) is 19.0 Å². The standard InChI is InChI=1S/C22H21NO5/c1-26-18-8-4-2-6-16(18)15-10-11-23(13-15)21(24)14-27-20-12-22(25)28-19-9-5-3-7-17(19)20/h2-9,12,15H,10-11,13-14H2,1H3. The van der Waals surface area contributed by atoms with Gasteiger partial charge in [-0.05, 0) is 30.2 Å². The van der Waals surface area contributed by atoms with Crippen molar-refractivity contribution in [2.45, 2.75) is 12.3 Å². The highest BCUT2D eigenvalue weighted by Crippen LogP contribution is 2.33. The second kappa shape index (κ2) is 7.76. The first kappa shape index (κ1) is 18.1. The molecule has 1 unspecified atom stereocenters. The van der Waals surface area contributed by atoms with Crippen molar-refractivity contribution in [1.82, 2.24) is 4.90 Å². The number of carbonyl (C=O) groups excluding carboxylic acids is 1. The Bertz CT molecular complexity index is 1060. The zero-order chi connectivity index (χ0) is 19.5. The van der Waals surface area contributed by atoms with Crippen molar-refractivity contribution in [2.24, 2.45) is 0 Å². The van der Waals surface area contributed by atoms with E-state index in [1.165, 1.54) is 6.07 Å². The average Bonchev–Trinajstić information content (AvgIpc) is 3.21. The molecule has 1 fully saturated rings. The number of carbonyl (C=O) groups is 1. The highest BCUT2D eigenvalue weighted by Gasteiger charge is 2.29. The van der Waals surface area contributed by atoms with Gasteiger partial charge in [-0.3, -0.25) is 4.79 Å². The maximum atomic E-state index is 12.6. The van der Waals surface area contributed by atoms with Crippen LogP contribution in [0.3, 0.4) is 0 Å². The molecule has 1 amide bonds. The highest BCUT2D eigenvalue weighted by atomic mass is 16.5. The summed E-state index contributed by atoms with van der Waals surface area (Å²) >= 11 is 0. The molecule has 2 heterocycles.